The third-order valence-corrected chi connectivity index (χ3v) is 4.47. The van der Waals surface area contributed by atoms with Crippen molar-refractivity contribution in [1.82, 2.24) is 0 Å². The van der Waals surface area contributed by atoms with Crippen LogP contribution in [0.4, 0.5) is 0 Å². The first kappa shape index (κ1) is 13.7. The molecule has 3 heteroatoms. The van der Waals surface area contributed by atoms with Gasteiger partial charge in [0.05, 0.1) is 0 Å². The van der Waals surface area contributed by atoms with Crippen LogP contribution < -0.4 is 0 Å². The van der Waals surface area contributed by atoms with Crippen LogP contribution in [0.5, 0.6) is 0 Å². The second-order valence-corrected chi connectivity index (χ2v) is 5.95. The number of alkyl halides is 1. The summed E-state index contributed by atoms with van der Waals surface area (Å²) in [5.41, 5.74) is 0.116. The van der Waals surface area contributed by atoms with E-state index in [2.05, 4.69) is 36.7 Å². The zero-order valence-corrected chi connectivity index (χ0v) is 13.0. The summed E-state index contributed by atoms with van der Waals surface area (Å²) in [7, 11) is 0.850. The SMILES string of the molecule is CCCC(Br)CCCC(C)(C)O[SiH3]. The molecule has 0 saturated carbocycles. The Bertz CT molecular complexity index is 128. The lowest BCUT2D eigenvalue weighted by Crippen LogP contribution is -2.23. The van der Waals surface area contributed by atoms with Crippen LogP contribution in [0.1, 0.15) is 52.9 Å². The highest BCUT2D eigenvalue weighted by Crippen LogP contribution is 2.21. The predicted molar refractivity (Wildman–Crippen MR) is 66.6 cm³/mol. The van der Waals surface area contributed by atoms with Gasteiger partial charge >= 0.3 is 0 Å². The van der Waals surface area contributed by atoms with Crippen LogP contribution in [-0.2, 0) is 4.43 Å². The van der Waals surface area contributed by atoms with Crippen molar-refractivity contribution in [2.45, 2.75) is 63.3 Å². The molecule has 0 bridgehead atoms. The Balaban J connectivity index is 3.44. The van der Waals surface area contributed by atoms with Crippen LogP contribution in [0.15, 0.2) is 0 Å². The van der Waals surface area contributed by atoms with Crippen LogP contribution in [-0.4, -0.2) is 20.9 Å². The van der Waals surface area contributed by atoms with Gasteiger partial charge in [0.2, 0.25) is 0 Å². The monoisotopic (exact) mass is 266 g/mol. The fourth-order valence-corrected chi connectivity index (χ4v) is 2.29. The maximum absolute atomic E-state index is 5.50. The first-order valence-electron chi connectivity index (χ1n) is 5.21. The third kappa shape index (κ3) is 7.71. The van der Waals surface area contributed by atoms with Gasteiger partial charge in [0.15, 0.2) is 0 Å². The molecular weight excluding hydrogens is 244 g/mol. The van der Waals surface area contributed by atoms with E-state index in [1.54, 1.807) is 0 Å². The number of halogens is 1. The molecule has 0 aromatic carbocycles. The Morgan fingerprint density at radius 1 is 1.38 bits per heavy atom. The Labute approximate surface area is 94.3 Å². The van der Waals surface area contributed by atoms with Gasteiger partial charge in [-0.3, -0.25) is 0 Å². The predicted octanol–water partition coefficient (Wildman–Crippen LogP) is 2.80. The summed E-state index contributed by atoms with van der Waals surface area (Å²) in [5.74, 6) is 0. The highest BCUT2D eigenvalue weighted by atomic mass is 79.9. The maximum atomic E-state index is 5.50. The Hall–Kier alpha value is 0.657. The van der Waals surface area contributed by atoms with Gasteiger partial charge in [0.1, 0.15) is 10.5 Å². The van der Waals surface area contributed by atoms with E-state index in [1.807, 2.05) is 0 Å². The fourth-order valence-electron chi connectivity index (χ4n) is 1.31. The molecule has 80 valence electrons. The van der Waals surface area contributed by atoms with E-state index < -0.39 is 0 Å². The van der Waals surface area contributed by atoms with E-state index in [-0.39, 0.29) is 5.60 Å². The average molecular weight is 267 g/mol. The molecule has 0 heterocycles. The molecule has 0 aliphatic heterocycles. The van der Waals surface area contributed by atoms with Crippen molar-refractivity contribution in [3.8, 4) is 0 Å². The van der Waals surface area contributed by atoms with Crippen molar-refractivity contribution in [1.29, 1.82) is 0 Å². The van der Waals surface area contributed by atoms with E-state index in [0.29, 0.717) is 4.83 Å². The Morgan fingerprint density at radius 2 is 2.00 bits per heavy atom. The lowest BCUT2D eigenvalue weighted by atomic mass is 10.00. The standard InChI is InChI=1S/C10H23BrOSi/c1-4-6-9(11)7-5-8-10(2,3)12-13/h9H,4-8H2,1-3,13H3. The molecule has 0 spiro atoms. The quantitative estimate of drug-likeness (QED) is 0.509. The van der Waals surface area contributed by atoms with Crippen molar-refractivity contribution >= 4 is 26.4 Å². The lowest BCUT2D eigenvalue weighted by molar-refractivity contribution is 0.109. The largest absolute Gasteiger partial charge is 0.423 e. The van der Waals surface area contributed by atoms with Crippen LogP contribution in [0.2, 0.25) is 0 Å². The molecule has 1 atom stereocenters. The lowest BCUT2D eigenvalue weighted by Gasteiger charge is -2.24. The van der Waals surface area contributed by atoms with Crippen LogP contribution in [0.3, 0.4) is 0 Å². The summed E-state index contributed by atoms with van der Waals surface area (Å²) in [6, 6.07) is 0. The minimum absolute atomic E-state index is 0.116. The molecule has 0 aromatic heterocycles. The van der Waals surface area contributed by atoms with Gasteiger partial charge in [-0.1, -0.05) is 29.3 Å². The summed E-state index contributed by atoms with van der Waals surface area (Å²) < 4.78 is 5.50. The molecule has 0 aromatic rings. The van der Waals surface area contributed by atoms with Gasteiger partial charge in [-0.15, -0.1) is 0 Å². The second kappa shape index (κ2) is 7.02. The molecular formula is C10H23BrOSi. The van der Waals surface area contributed by atoms with Crippen molar-refractivity contribution < 1.29 is 4.43 Å². The second-order valence-electron chi connectivity index (χ2n) is 4.24. The molecule has 1 unspecified atom stereocenters. The summed E-state index contributed by atoms with van der Waals surface area (Å²) in [4.78, 5) is 0.711. The summed E-state index contributed by atoms with van der Waals surface area (Å²) in [6.45, 7) is 6.60. The maximum Gasteiger partial charge on any atom is 0.146 e. The van der Waals surface area contributed by atoms with Gasteiger partial charge in [0, 0.05) is 10.4 Å². The smallest absolute Gasteiger partial charge is 0.146 e. The van der Waals surface area contributed by atoms with Crippen LogP contribution in [0, 0.1) is 0 Å². The summed E-state index contributed by atoms with van der Waals surface area (Å²) in [6.07, 6.45) is 6.30. The molecule has 0 fully saturated rings. The topological polar surface area (TPSA) is 9.23 Å². The molecule has 1 nitrogen and oxygen atoms in total. The first-order valence-corrected chi connectivity index (χ1v) is 6.94. The number of rotatable bonds is 7. The van der Waals surface area contributed by atoms with Crippen molar-refractivity contribution in [3.63, 3.8) is 0 Å². The van der Waals surface area contributed by atoms with Crippen molar-refractivity contribution in [2.24, 2.45) is 0 Å². The van der Waals surface area contributed by atoms with E-state index in [9.17, 15) is 0 Å². The van der Waals surface area contributed by atoms with Gasteiger partial charge in [0.25, 0.3) is 0 Å². The molecule has 0 N–H and O–H groups in total. The molecule has 0 rings (SSSR count). The molecule has 0 amide bonds. The Morgan fingerprint density at radius 3 is 2.46 bits per heavy atom. The van der Waals surface area contributed by atoms with Gasteiger partial charge in [-0.05, 0) is 39.5 Å². The first-order chi connectivity index (χ1) is 6.02. The van der Waals surface area contributed by atoms with E-state index in [4.69, 9.17) is 4.43 Å². The zero-order valence-electron chi connectivity index (χ0n) is 9.40. The van der Waals surface area contributed by atoms with Crippen molar-refractivity contribution in [3.05, 3.63) is 0 Å². The fraction of sp³-hybridized carbons (Fsp3) is 1.00. The normalized spacial score (nSPS) is 14.8. The van der Waals surface area contributed by atoms with E-state index in [1.165, 1.54) is 32.1 Å². The summed E-state index contributed by atoms with van der Waals surface area (Å²) >= 11 is 3.70. The molecule has 13 heavy (non-hydrogen) atoms. The van der Waals surface area contributed by atoms with Crippen LogP contribution >= 0.6 is 15.9 Å². The number of hydrogen-bond acceptors (Lipinski definition) is 1. The molecule has 0 aliphatic rings. The minimum Gasteiger partial charge on any atom is -0.423 e. The van der Waals surface area contributed by atoms with Crippen LogP contribution in [0.25, 0.3) is 0 Å². The molecule has 0 aliphatic carbocycles. The van der Waals surface area contributed by atoms with E-state index >= 15 is 0 Å². The van der Waals surface area contributed by atoms with E-state index in [0.717, 1.165) is 10.5 Å². The molecule has 0 saturated heterocycles. The molecule has 0 radical (unpaired) electrons. The minimum atomic E-state index is 0.116. The van der Waals surface area contributed by atoms with Gasteiger partial charge in [-0.25, -0.2) is 0 Å². The average Bonchev–Trinajstić information content (AvgIpc) is 2.05. The highest BCUT2D eigenvalue weighted by molar-refractivity contribution is 9.09. The summed E-state index contributed by atoms with van der Waals surface area (Å²) in [5, 5.41) is 0. The van der Waals surface area contributed by atoms with Gasteiger partial charge < -0.3 is 4.43 Å². The highest BCUT2D eigenvalue weighted by Gasteiger charge is 2.15. The number of hydrogen-bond donors (Lipinski definition) is 0. The third-order valence-electron chi connectivity index (χ3n) is 2.45. The Kier molecular flexibility index (Phi) is 7.37. The zero-order chi connectivity index (χ0) is 10.3. The van der Waals surface area contributed by atoms with Gasteiger partial charge in [-0.2, -0.15) is 0 Å². The van der Waals surface area contributed by atoms with Crippen molar-refractivity contribution in [2.75, 3.05) is 0 Å².